The van der Waals surface area contributed by atoms with Crippen LogP contribution in [0.3, 0.4) is 0 Å². The monoisotopic (exact) mass is 177 g/mol. The van der Waals surface area contributed by atoms with Gasteiger partial charge >= 0.3 is 0 Å². The molecule has 0 aliphatic heterocycles. The van der Waals surface area contributed by atoms with E-state index in [1.54, 1.807) is 10.8 Å². The van der Waals surface area contributed by atoms with Gasteiger partial charge in [0.15, 0.2) is 5.78 Å². The quantitative estimate of drug-likeness (QED) is 0.691. The predicted molar refractivity (Wildman–Crippen MR) is 46.8 cm³/mol. The standard InChI is InChI=1S/C9H11N3O/c1-7(2)8(13)6-12-4-3-11-9(12)5-10/h3-4,7H,6H2,1-2H3. The van der Waals surface area contributed by atoms with E-state index in [2.05, 4.69) is 4.98 Å². The van der Waals surface area contributed by atoms with Gasteiger partial charge < -0.3 is 4.57 Å². The van der Waals surface area contributed by atoms with E-state index in [0.717, 1.165) is 0 Å². The molecule has 1 rings (SSSR count). The Bertz CT molecular complexity index is 346. The average Bonchev–Trinajstić information content (AvgIpc) is 2.51. The van der Waals surface area contributed by atoms with E-state index in [1.165, 1.54) is 6.20 Å². The van der Waals surface area contributed by atoms with Crippen LogP contribution >= 0.6 is 0 Å². The van der Waals surface area contributed by atoms with Gasteiger partial charge in [0.05, 0.1) is 6.54 Å². The lowest BCUT2D eigenvalue weighted by molar-refractivity contribution is -0.122. The van der Waals surface area contributed by atoms with Crippen LogP contribution in [0, 0.1) is 17.2 Å². The summed E-state index contributed by atoms with van der Waals surface area (Å²) in [7, 11) is 0. The molecule has 0 N–H and O–H groups in total. The topological polar surface area (TPSA) is 58.7 Å². The van der Waals surface area contributed by atoms with Gasteiger partial charge in [-0.25, -0.2) is 4.98 Å². The van der Waals surface area contributed by atoms with Gasteiger partial charge in [-0.15, -0.1) is 0 Å². The Balaban J connectivity index is 2.76. The Morgan fingerprint density at radius 1 is 1.77 bits per heavy atom. The lowest BCUT2D eigenvalue weighted by Crippen LogP contribution is -2.16. The van der Waals surface area contributed by atoms with Crippen LogP contribution in [0.15, 0.2) is 12.4 Å². The van der Waals surface area contributed by atoms with Crippen molar-refractivity contribution in [3.8, 4) is 6.07 Å². The number of nitriles is 1. The normalized spacial score (nSPS) is 10.0. The summed E-state index contributed by atoms with van der Waals surface area (Å²) in [6, 6.07) is 1.92. The molecule has 0 spiro atoms. The Hall–Kier alpha value is -1.63. The van der Waals surface area contributed by atoms with E-state index in [4.69, 9.17) is 5.26 Å². The van der Waals surface area contributed by atoms with Crippen molar-refractivity contribution in [1.82, 2.24) is 9.55 Å². The van der Waals surface area contributed by atoms with Crippen molar-refractivity contribution in [2.24, 2.45) is 5.92 Å². The predicted octanol–water partition coefficient (Wildman–Crippen LogP) is 0.980. The van der Waals surface area contributed by atoms with Gasteiger partial charge in [-0.2, -0.15) is 5.26 Å². The Morgan fingerprint density at radius 3 is 3.00 bits per heavy atom. The van der Waals surface area contributed by atoms with Gasteiger partial charge in [-0.3, -0.25) is 4.79 Å². The number of hydrogen-bond acceptors (Lipinski definition) is 3. The Kier molecular flexibility index (Phi) is 2.80. The molecule has 0 atom stereocenters. The van der Waals surface area contributed by atoms with Crippen LogP contribution in [0.2, 0.25) is 0 Å². The molecule has 0 fully saturated rings. The molecule has 0 unspecified atom stereocenters. The number of nitrogens with zero attached hydrogens (tertiary/aromatic N) is 3. The number of rotatable bonds is 3. The number of aromatic nitrogens is 2. The summed E-state index contributed by atoms with van der Waals surface area (Å²) in [5.74, 6) is 0.387. The smallest absolute Gasteiger partial charge is 0.213 e. The second kappa shape index (κ2) is 3.85. The van der Waals surface area contributed by atoms with E-state index in [0.29, 0.717) is 0 Å². The third-order valence-corrected chi connectivity index (χ3v) is 1.79. The molecule has 0 aliphatic rings. The maximum Gasteiger partial charge on any atom is 0.213 e. The molecule has 13 heavy (non-hydrogen) atoms. The van der Waals surface area contributed by atoms with Crippen LogP contribution in [-0.2, 0) is 11.3 Å². The Morgan fingerprint density at radius 2 is 2.46 bits per heavy atom. The number of imidazole rings is 1. The van der Waals surface area contributed by atoms with Crippen molar-refractivity contribution in [2.75, 3.05) is 0 Å². The summed E-state index contributed by atoms with van der Waals surface area (Å²) in [5, 5.41) is 8.61. The first-order valence-electron chi connectivity index (χ1n) is 4.09. The van der Waals surface area contributed by atoms with Crippen LogP contribution < -0.4 is 0 Å². The van der Waals surface area contributed by atoms with Crippen LogP contribution in [0.4, 0.5) is 0 Å². The first kappa shape index (κ1) is 9.46. The number of hydrogen-bond donors (Lipinski definition) is 0. The molecule has 0 aromatic carbocycles. The fraction of sp³-hybridized carbons (Fsp3) is 0.444. The highest BCUT2D eigenvalue weighted by Gasteiger charge is 2.10. The zero-order valence-corrected chi connectivity index (χ0v) is 7.69. The van der Waals surface area contributed by atoms with Crippen molar-refractivity contribution in [2.45, 2.75) is 20.4 Å². The molecular formula is C9H11N3O. The largest absolute Gasteiger partial charge is 0.315 e. The molecule has 0 saturated carbocycles. The van der Waals surface area contributed by atoms with Crippen molar-refractivity contribution in [3.63, 3.8) is 0 Å². The third-order valence-electron chi connectivity index (χ3n) is 1.79. The lowest BCUT2D eigenvalue weighted by atomic mass is 10.1. The summed E-state index contributed by atoms with van der Waals surface area (Å²) in [6.07, 6.45) is 3.16. The molecule has 0 saturated heterocycles. The van der Waals surface area contributed by atoms with E-state index in [9.17, 15) is 4.79 Å². The molecule has 0 aliphatic carbocycles. The van der Waals surface area contributed by atoms with Crippen LogP contribution in [-0.4, -0.2) is 15.3 Å². The molecule has 1 aromatic heterocycles. The molecule has 0 bridgehead atoms. The van der Waals surface area contributed by atoms with E-state index in [-0.39, 0.29) is 24.1 Å². The molecular weight excluding hydrogens is 166 g/mol. The van der Waals surface area contributed by atoms with Crippen LogP contribution in [0.25, 0.3) is 0 Å². The second-order valence-electron chi connectivity index (χ2n) is 3.11. The van der Waals surface area contributed by atoms with Crippen LogP contribution in [0.1, 0.15) is 19.7 Å². The van der Waals surface area contributed by atoms with E-state index in [1.807, 2.05) is 19.9 Å². The van der Waals surface area contributed by atoms with Gasteiger partial charge in [0.25, 0.3) is 0 Å². The molecule has 4 heteroatoms. The highest BCUT2D eigenvalue weighted by molar-refractivity contribution is 5.80. The molecule has 68 valence electrons. The zero-order chi connectivity index (χ0) is 9.84. The second-order valence-corrected chi connectivity index (χ2v) is 3.11. The summed E-state index contributed by atoms with van der Waals surface area (Å²) in [6.45, 7) is 3.91. The lowest BCUT2D eigenvalue weighted by Gasteiger charge is -2.04. The molecule has 0 amide bonds. The SMILES string of the molecule is CC(C)C(=O)Cn1ccnc1C#N. The minimum atomic E-state index is -0.00561. The highest BCUT2D eigenvalue weighted by atomic mass is 16.1. The number of Topliss-reactive ketones (excluding diaryl/α,β-unsaturated/α-hetero) is 1. The summed E-state index contributed by atoms with van der Waals surface area (Å²) in [5.41, 5.74) is 0. The van der Waals surface area contributed by atoms with Gasteiger partial charge in [0.2, 0.25) is 5.82 Å². The van der Waals surface area contributed by atoms with Crippen molar-refractivity contribution in [3.05, 3.63) is 18.2 Å². The number of carbonyl (C=O) groups excluding carboxylic acids is 1. The van der Waals surface area contributed by atoms with E-state index >= 15 is 0 Å². The fourth-order valence-corrected chi connectivity index (χ4v) is 0.900. The molecule has 4 nitrogen and oxygen atoms in total. The van der Waals surface area contributed by atoms with Gasteiger partial charge in [-0.1, -0.05) is 13.8 Å². The maximum atomic E-state index is 11.3. The summed E-state index contributed by atoms with van der Waals surface area (Å²) < 4.78 is 1.56. The highest BCUT2D eigenvalue weighted by Crippen LogP contribution is 2.01. The number of carbonyl (C=O) groups is 1. The molecule has 1 heterocycles. The van der Waals surface area contributed by atoms with Crippen molar-refractivity contribution < 1.29 is 4.79 Å². The summed E-state index contributed by atoms with van der Waals surface area (Å²) in [4.78, 5) is 15.1. The van der Waals surface area contributed by atoms with Crippen molar-refractivity contribution >= 4 is 5.78 Å². The van der Waals surface area contributed by atoms with Gasteiger partial charge in [0.1, 0.15) is 6.07 Å². The van der Waals surface area contributed by atoms with E-state index < -0.39 is 0 Å². The Labute approximate surface area is 76.8 Å². The maximum absolute atomic E-state index is 11.3. The van der Waals surface area contributed by atoms with Crippen molar-refractivity contribution in [1.29, 1.82) is 5.26 Å². The first-order chi connectivity index (χ1) is 6.15. The zero-order valence-electron chi connectivity index (χ0n) is 7.69. The van der Waals surface area contributed by atoms with Gasteiger partial charge in [0, 0.05) is 18.3 Å². The minimum Gasteiger partial charge on any atom is -0.315 e. The average molecular weight is 177 g/mol. The fourth-order valence-electron chi connectivity index (χ4n) is 0.900. The molecule has 0 radical (unpaired) electrons. The first-order valence-corrected chi connectivity index (χ1v) is 4.09. The van der Waals surface area contributed by atoms with Gasteiger partial charge in [-0.05, 0) is 0 Å². The minimum absolute atomic E-state index is 0.00561. The van der Waals surface area contributed by atoms with Crippen LogP contribution in [0.5, 0.6) is 0 Å². The molecule has 1 aromatic rings. The summed E-state index contributed by atoms with van der Waals surface area (Å²) >= 11 is 0. The number of ketones is 1. The third kappa shape index (κ3) is 2.15.